The summed E-state index contributed by atoms with van der Waals surface area (Å²) in [6.07, 6.45) is 0. The zero-order chi connectivity index (χ0) is 17.0. The predicted octanol–water partition coefficient (Wildman–Crippen LogP) is 3.79. The van der Waals surface area contributed by atoms with E-state index in [1.165, 1.54) is 18.2 Å². The molecule has 2 aromatic rings. The molecule has 1 amide bonds. The molecule has 0 aliphatic heterocycles. The van der Waals surface area contributed by atoms with Crippen molar-refractivity contribution in [2.75, 3.05) is 17.7 Å². The number of nitrogens with one attached hydrogen (secondary N) is 1. The number of amides is 1. The van der Waals surface area contributed by atoms with Crippen LogP contribution < -0.4 is 11.1 Å². The van der Waals surface area contributed by atoms with E-state index in [0.29, 0.717) is 10.7 Å². The maximum absolute atomic E-state index is 11.9. The van der Waals surface area contributed by atoms with Crippen molar-refractivity contribution in [2.45, 2.75) is 6.92 Å². The summed E-state index contributed by atoms with van der Waals surface area (Å²) in [4.78, 5) is 23.8. The Bertz CT molecular complexity index is 765. The van der Waals surface area contributed by atoms with Crippen molar-refractivity contribution in [3.8, 4) is 0 Å². The summed E-state index contributed by atoms with van der Waals surface area (Å²) < 4.78 is 5.88. The van der Waals surface area contributed by atoms with E-state index in [0.717, 1.165) is 10.0 Å². The molecule has 0 heterocycles. The number of nitrogen functional groups attached to an aromatic ring is 1. The van der Waals surface area contributed by atoms with Crippen LogP contribution in [0.4, 0.5) is 11.4 Å². The molecule has 0 radical (unpaired) electrons. The number of halogens is 2. The van der Waals surface area contributed by atoms with E-state index < -0.39 is 18.5 Å². The van der Waals surface area contributed by atoms with Crippen LogP contribution >= 0.6 is 27.5 Å². The average Bonchev–Trinajstić information content (AvgIpc) is 2.48. The second kappa shape index (κ2) is 7.48. The first-order chi connectivity index (χ1) is 10.9. The van der Waals surface area contributed by atoms with Gasteiger partial charge in [-0.1, -0.05) is 27.5 Å². The molecule has 5 nitrogen and oxygen atoms in total. The van der Waals surface area contributed by atoms with Crippen molar-refractivity contribution in [1.29, 1.82) is 0 Å². The zero-order valence-corrected chi connectivity index (χ0v) is 14.6. The SMILES string of the molecule is Cc1cc(Br)ccc1NC(=O)COC(=O)c1ccc(Cl)cc1N. The summed E-state index contributed by atoms with van der Waals surface area (Å²) in [6, 6.07) is 9.87. The van der Waals surface area contributed by atoms with E-state index in [1.54, 1.807) is 6.07 Å². The van der Waals surface area contributed by atoms with Crippen molar-refractivity contribution in [3.05, 3.63) is 57.0 Å². The summed E-state index contributed by atoms with van der Waals surface area (Å²) in [5.41, 5.74) is 7.61. The molecule has 2 aromatic carbocycles. The highest BCUT2D eigenvalue weighted by atomic mass is 79.9. The molecule has 120 valence electrons. The van der Waals surface area contributed by atoms with Gasteiger partial charge in [0.15, 0.2) is 6.61 Å². The Morgan fingerprint density at radius 1 is 1.26 bits per heavy atom. The maximum atomic E-state index is 11.9. The van der Waals surface area contributed by atoms with Gasteiger partial charge in [0, 0.05) is 20.9 Å². The third kappa shape index (κ3) is 4.71. The molecule has 0 saturated heterocycles. The zero-order valence-electron chi connectivity index (χ0n) is 12.2. The van der Waals surface area contributed by atoms with Crippen molar-refractivity contribution in [1.82, 2.24) is 0 Å². The molecule has 23 heavy (non-hydrogen) atoms. The fourth-order valence-corrected chi connectivity index (χ4v) is 2.54. The van der Waals surface area contributed by atoms with E-state index in [9.17, 15) is 9.59 Å². The summed E-state index contributed by atoms with van der Waals surface area (Å²) in [6.45, 7) is 1.46. The Kier molecular flexibility index (Phi) is 5.63. The number of nitrogens with two attached hydrogens (primary N) is 1. The van der Waals surface area contributed by atoms with E-state index in [2.05, 4.69) is 21.2 Å². The van der Waals surface area contributed by atoms with Crippen LogP contribution in [-0.4, -0.2) is 18.5 Å². The molecule has 0 bridgehead atoms. The number of aryl methyl sites for hydroxylation is 1. The Morgan fingerprint density at radius 3 is 2.65 bits per heavy atom. The normalized spacial score (nSPS) is 10.2. The highest BCUT2D eigenvalue weighted by Gasteiger charge is 2.14. The van der Waals surface area contributed by atoms with E-state index in [4.69, 9.17) is 22.1 Å². The van der Waals surface area contributed by atoms with Gasteiger partial charge in [-0.25, -0.2) is 4.79 Å². The first kappa shape index (κ1) is 17.3. The van der Waals surface area contributed by atoms with Gasteiger partial charge in [-0.15, -0.1) is 0 Å². The molecule has 0 unspecified atom stereocenters. The lowest BCUT2D eigenvalue weighted by Crippen LogP contribution is -2.21. The first-order valence-corrected chi connectivity index (χ1v) is 7.82. The second-order valence-electron chi connectivity index (χ2n) is 4.82. The van der Waals surface area contributed by atoms with Crippen molar-refractivity contribution >= 4 is 50.8 Å². The molecular weight excluding hydrogens is 384 g/mol. The summed E-state index contributed by atoms with van der Waals surface area (Å²) in [7, 11) is 0. The number of anilines is 2. The number of rotatable bonds is 4. The van der Waals surface area contributed by atoms with Crippen molar-refractivity contribution in [3.63, 3.8) is 0 Å². The Labute approximate surface area is 146 Å². The Balaban J connectivity index is 1.94. The fourth-order valence-electron chi connectivity index (χ4n) is 1.88. The largest absolute Gasteiger partial charge is 0.452 e. The Morgan fingerprint density at radius 2 is 2.00 bits per heavy atom. The minimum absolute atomic E-state index is 0.169. The fraction of sp³-hybridized carbons (Fsp3) is 0.125. The molecular formula is C16H14BrClN2O3. The molecule has 7 heteroatoms. The van der Waals surface area contributed by atoms with Crippen LogP contribution in [0.25, 0.3) is 0 Å². The first-order valence-electron chi connectivity index (χ1n) is 6.65. The summed E-state index contributed by atoms with van der Waals surface area (Å²) >= 11 is 9.11. The van der Waals surface area contributed by atoms with Gasteiger partial charge in [0.25, 0.3) is 5.91 Å². The van der Waals surface area contributed by atoms with Crippen LogP contribution in [0.2, 0.25) is 5.02 Å². The van der Waals surface area contributed by atoms with Gasteiger partial charge >= 0.3 is 5.97 Å². The van der Waals surface area contributed by atoms with Gasteiger partial charge in [0.2, 0.25) is 0 Å². The highest BCUT2D eigenvalue weighted by Crippen LogP contribution is 2.20. The van der Waals surface area contributed by atoms with Gasteiger partial charge in [0.1, 0.15) is 0 Å². The highest BCUT2D eigenvalue weighted by molar-refractivity contribution is 9.10. The molecule has 0 spiro atoms. The van der Waals surface area contributed by atoms with E-state index in [-0.39, 0.29) is 11.3 Å². The molecule has 0 aliphatic rings. The number of esters is 1. The van der Waals surface area contributed by atoms with Gasteiger partial charge in [-0.2, -0.15) is 0 Å². The Hall–Kier alpha value is -2.05. The molecule has 0 aliphatic carbocycles. The molecule has 0 aromatic heterocycles. The quantitative estimate of drug-likeness (QED) is 0.607. The minimum Gasteiger partial charge on any atom is -0.452 e. The molecule has 0 fully saturated rings. The van der Waals surface area contributed by atoms with Gasteiger partial charge in [-0.3, -0.25) is 4.79 Å². The van der Waals surface area contributed by atoms with Gasteiger partial charge in [-0.05, 0) is 48.9 Å². The molecule has 3 N–H and O–H groups in total. The lowest BCUT2D eigenvalue weighted by molar-refractivity contribution is -0.119. The monoisotopic (exact) mass is 396 g/mol. The topological polar surface area (TPSA) is 81.4 Å². The standard InChI is InChI=1S/C16H14BrClN2O3/c1-9-6-10(17)2-5-14(9)20-15(21)8-23-16(22)12-4-3-11(18)7-13(12)19/h2-7H,8,19H2,1H3,(H,20,21). The minimum atomic E-state index is -0.679. The van der Waals surface area contributed by atoms with Crippen molar-refractivity contribution < 1.29 is 14.3 Å². The molecule has 0 saturated carbocycles. The van der Waals surface area contributed by atoms with Crippen LogP contribution in [0, 0.1) is 6.92 Å². The van der Waals surface area contributed by atoms with Crippen LogP contribution in [0.5, 0.6) is 0 Å². The number of ether oxygens (including phenoxy) is 1. The van der Waals surface area contributed by atoms with Crippen LogP contribution in [0.1, 0.15) is 15.9 Å². The number of carbonyl (C=O) groups excluding carboxylic acids is 2. The summed E-state index contributed by atoms with van der Waals surface area (Å²) in [5.74, 6) is -1.11. The lowest BCUT2D eigenvalue weighted by Gasteiger charge is -2.10. The van der Waals surface area contributed by atoms with E-state index in [1.807, 2.05) is 19.1 Å². The molecule has 2 rings (SSSR count). The van der Waals surface area contributed by atoms with Crippen LogP contribution in [-0.2, 0) is 9.53 Å². The number of carbonyl (C=O) groups is 2. The van der Waals surface area contributed by atoms with Crippen LogP contribution in [0.15, 0.2) is 40.9 Å². The number of hydrogen-bond donors (Lipinski definition) is 2. The van der Waals surface area contributed by atoms with Crippen LogP contribution in [0.3, 0.4) is 0 Å². The van der Waals surface area contributed by atoms with E-state index >= 15 is 0 Å². The predicted molar refractivity (Wildman–Crippen MR) is 93.7 cm³/mol. The van der Waals surface area contributed by atoms with Crippen molar-refractivity contribution in [2.24, 2.45) is 0 Å². The lowest BCUT2D eigenvalue weighted by atomic mass is 10.2. The number of benzene rings is 2. The third-order valence-electron chi connectivity index (χ3n) is 3.03. The summed E-state index contributed by atoms with van der Waals surface area (Å²) in [5, 5.41) is 3.10. The number of hydrogen-bond acceptors (Lipinski definition) is 4. The smallest absolute Gasteiger partial charge is 0.340 e. The third-order valence-corrected chi connectivity index (χ3v) is 3.76. The van der Waals surface area contributed by atoms with Gasteiger partial charge in [0.05, 0.1) is 5.56 Å². The van der Waals surface area contributed by atoms with Gasteiger partial charge < -0.3 is 15.8 Å². The average molecular weight is 398 g/mol. The molecule has 0 atom stereocenters. The maximum Gasteiger partial charge on any atom is 0.340 e. The second-order valence-corrected chi connectivity index (χ2v) is 6.17.